The molecule has 0 radical (unpaired) electrons. The number of hydrogen-bond donors (Lipinski definition) is 0. The first kappa shape index (κ1) is 15.7. The van der Waals surface area contributed by atoms with Gasteiger partial charge in [0.25, 0.3) is 5.56 Å². The van der Waals surface area contributed by atoms with Crippen LogP contribution in [-0.2, 0) is 6.54 Å². The van der Waals surface area contributed by atoms with Crippen molar-refractivity contribution in [3.8, 4) is 0 Å². The molecule has 3 aromatic heterocycles. The van der Waals surface area contributed by atoms with E-state index >= 15 is 0 Å². The van der Waals surface area contributed by atoms with E-state index in [0.29, 0.717) is 21.8 Å². The van der Waals surface area contributed by atoms with E-state index in [9.17, 15) is 9.59 Å². The molecule has 0 saturated heterocycles. The summed E-state index contributed by atoms with van der Waals surface area (Å²) in [6, 6.07) is 4.01. The van der Waals surface area contributed by atoms with Crippen LogP contribution in [0.1, 0.15) is 41.6 Å². The quantitative estimate of drug-likeness (QED) is 0.690. The Labute approximate surface area is 138 Å². The number of aryl methyl sites for hydroxylation is 1. The van der Waals surface area contributed by atoms with Gasteiger partial charge in [0, 0.05) is 23.0 Å². The number of thiophene rings is 1. The van der Waals surface area contributed by atoms with E-state index in [1.165, 1.54) is 22.2 Å². The van der Waals surface area contributed by atoms with E-state index in [0.717, 1.165) is 11.4 Å². The Morgan fingerprint density at radius 1 is 1.35 bits per heavy atom. The van der Waals surface area contributed by atoms with Gasteiger partial charge < -0.3 is 4.57 Å². The molecule has 3 heterocycles. The number of fused-ring (bicyclic) bond motifs is 1. The third-order valence-corrected chi connectivity index (χ3v) is 4.94. The summed E-state index contributed by atoms with van der Waals surface area (Å²) >= 11 is 1.35. The normalized spacial score (nSPS) is 11.5. The monoisotopic (exact) mass is 329 g/mol. The highest BCUT2D eigenvalue weighted by molar-refractivity contribution is 7.17. The van der Waals surface area contributed by atoms with Gasteiger partial charge in [0.2, 0.25) is 0 Å². The average molecular weight is 329 g/mol. The van der Waals surface area contributed by atoms with Crippen molar-refractivity contribution in [3.05, 3.63) is 51.1 Å². The molecular formula is C17H19N3O2S. The first-order chi connectivity index (χ1) is 10.9. The predicted molar refractivity (Wildman–Crippen MR) is 92.5 cm³/mol. The lowest BCUT2D eigenvalue weighted by Crippen LogP contribution is -2.24. The zero-order chi connectivity index (χ0) is 16.7. The summed E-state index contributed by atoms with van der Waals surface area (Å²) in [5.41, 5.74) is 3.20. The average Bonchev–Trinajstić information content (AvgIpc) is 3.06. The molecule has 0 aliphatic carbocycles. The molecule has 23 heavy (non-hydrogen) atoms. The summed E-state index contributed by atoms with van der Waals surface area (Å²) in [6.45, 7) is 8.14. The second-order valence-electron chi connectivity index (χ2n) is 5.98. The van der Waals surface area contributed by atoms with Crippen molar-refractivity contribution in [2.75, 3.05) is 0 Å². The molecular weight excluding hydrogens is 310 g/mol. The van der Waals surface area contributed by atoms with Gasteiger partial charge in [0.15, 0.2) is 5.78 Å². The smallest absolute Gasteiger partial charge is 0.271 e. The fraction of sp³-hybridized carbons (Fsp3) is 0.353. The third kappa shape index (κ3) is 2.63. The molecule has 0 atom stereocenters. The van der Waals surface area contributed by atoms with Gasteiger partial charge in [-0.3, -0.25) is 14.2 Å². The van der Waals surface area contributed by atoms with Gasteiger partial charge in [-0.25, -0.2) is 4.98 Å². The van der Waals surface area contributed by atoms with Gasteiger partial charge in [-0.2, -0.15) is 0 Å². The topological polar surface area (TPSA) is 56.9 Å². The van der Waals surface area contributed by atoms with Crippen LogP contribution in [0.25, 0.3) is 10.2 Å². The van der Waals surface area contributed by atoms with Gasteiger partial charge >= 0.3 is 0 Å². The Kier molecular flexibility index (Phi) is 3.93. The van der Waals surface area contributed by atoms with Gasteiger partial charge in [0.05, 0.1) is 18.4 Å². The zero-order valence-electron chi connectivity index (χ0n) is 13.7. The lowest BCUT2D eigenvalue weighted by atomic mass is 10.1. The maximum Gasteiger partial charge on any atom is 0.271 e. The number of carbonyl (C=O) groups excluding carboxylic acids is 1. The molecule has 0 amide bonds. The molecule has 0 aromatic carbocycles. The summed E-state index contributed by atoms with van der Waals surface area (Å²) in [5, 5.41) is 1.83. The fourth-order valence-corrected chi connectivity index (χ4v) is 3.88. The van der Waals surface area contributed by atoms with Gasteiger partial charge in [-0.1, -0.05) is 0 Å². The van der Waals surface area contributed by atoms with Crippen molar-refractivity contribution in [3.63, 3.8) is 0 Å². The van der Waals surface area contributed by atoms with Crippen LogP contribution < -0.4 is 5.56 Å². The maximum absolute atomic E-state index is 12.7. The van der Waals surface area contributed by atoms with Crippen LogP contribution in [0.5, 0.6) is 0 Å². The number of Topliss-reactive ketones (excluding diaryl/α,β-unsaturated/α-hetero) is 1. The molecule has 0 fully saturated rings. The molecule has 0 unspecified atom stereocenters. The first-order valence-electron chi connectivity index (χ1n) is 7.54. The number of rotatable bonds is 4. The Morgan fingerprint density at radius 3 is 2.74 bits per heavy atom. The van der Waals surface area contributed by atoms with Gasteiger partial charge in [0.1, 0.15) is 4.70 Å². The summed E-state index contributed by atoms with van der Waals surface area (Å²) in [6.07, 6.45) is 1.46. The summed E-state index contributed by atoms with van der Waals surface area (Å²) < 4.78 is 4.12. The van der Waals surface area contributed by atoms with Gasteiger partial charge in [-0.15, -0.1) is 11.3 Å². The first-order valence-corrected chi connectivity index (χ1v) is 8.42. The predicted octanol–water partition coefficient (Wildman–Crippen LogP) is 3.34. The van der Waals surface area contributed by atoms with Crippen LogP contribution in [-0.4, -0.2) is 19.9 Å². The lowest BCUT2D eigenvalue weighted by molar-refractivity contribution is 0.0970. The van der Waals surface area contributed by atoms with Crippen LogP contribution in [0.2, 0.25) is 0 Å². The number of carbonyl (C=O) groups is 1. The Balaban J connectivity index is 1.97. The van der Waals surface area contributed by atoms with Crippen molar-refractivity contribution in [1.82, 2.24) is 14.1 Å². The summed E-state index contributed by atoms with van der Waals surface area (Å²) in [4.78, 5) is 29.3. The lowest BCUT2D eigenvalue weighted by Gasteiger charge is -2.13. The summed E-state index contributed by atoms with van der Waals surface area (Å²) in [7, 11) is 0. The Hall–Kier alpha value is -2.21. The summed E-state index contributed by atoms with van der Waals surface area (Å²) in [5.74, 6) is -0.0650. The van der Waals surface area contributed by atoms with Crippen LogP contribution in [0.15, 0.2) is 28.6 Å². The molecule has 0 N–H and O–H groups in total. The van der Waals surface area contributed by atoms with Crippen molar-refractivity contribution in [1.29, 1.82) is 0 Å². The molecule has 0 aliphatic rings. The minimum Gasteiger partial charge on any atom is -0.346 e. The molecule has 5 nitrogen and oxygen atoms in total. The van der Waals surface area contributed by atoms with E-state index in [4.69, 9.17) is 0 Å². The van der Waals surface area contributed by atoms with Crippen LogP contribution in [0, 0.1) is 13.8 Å². The van der Waals surface area contributed by atoms with E-state index in [-0.39, 0.29) is 17.9 Å². The molecule has 0 aliphatic heterocycles. The van der Waals surface area contributed by atoms with E-state index < -0.39 is 0 Å². The molecule has 6 heteroatoms. The van der Waals surface area contributed by atoms with E-state index in [1.54, 1.807) is 0 Å². The number of nitrogens with zero attached hydrogens (tertiary/aromatic N) is 3. The van der Waals surface area contributed by atoms with Crippen LogP contribution in [0.3, 0.4) is 0 Å². The van der Waals surface area contributed by atoms with Crippen molar-refractivity contribution >= 4 is 27.3 Å². The molecule has 120 valence electrons. The Bertz CT molecular complexity index is 947. The second kappa shape index (κ2) is 5.77. The number of ketones is 1. The zero-order valence-corrected chi connectivity index (χ0v) is 14.5. The second-order valence-corrected chi connectivity index (χ2v) is 6.90. The van der Waals surface area contributed by atoms with Crippen LogP contribution >= 0.6 is 11.3 Å². The SMILES string of the molecule is Cc1cc(C(=O)Cn2cnc3ccsc3c2=O)c(C)n1C(C)C. The number of aromatic nitrogens is 3. The number of hydrogen-bond acceptors (Lipinski definition) is 4. The maximum atomic E-state index is 12.7. The fourth-order valence-electron chi connectivity index (χ4n) is 3.09. The molecule has 3 rings (SSSR count). The van der Waals surface area contributed by atoms with E-state index in [2.05, 4.69) is 23.4 Å². The molecule has 0 spiro atoms. The largest absolute Gasteiger partial charge is 0.346 e. The molecule has 3 aromatic rings. The highest BCUT2D eigenvalue weighted by Gasteiger charge is 2.18. The van der Waals surface area contributed by atoms with E-state index in [1.807, 2.05) is 31.4 Å². The standard InChI is InChI=1S/C17H19N3O2S/c1-10(2)20-11(3)7-13(12(20)4)15(21)8-19-9-18-14-5-6-23-16(14)17(19)22/h5-7,9-10H,8H2,1-4H3. The Morgan fingerprint density at radius 2 is 2.09 bits per heavy atom. The van der Waals surface area contributed by atoms with Crippen LogP contribution in [0.4, 0.5) is 0 Å². The third-order valence-electron chi connectivity index (χ3n) is 4.05. The van der Waals surface area contributed by atoms with Crippen molar-refractivity contribution in [2.45, 2.75) is 40.3 Å². The molecule has 0 bridgehead atoms. The minimum absolute atomic E-state index is 0.0159. The molecule has 0 saturated carbocycles. The van der Waals surface area contributed by atoms with Crippen molar-refractivity contribution < 1.29 is 4.79 Å². The highest BCUT2D eigenvalue weighted by Crippen LogP contribution is 2.21. The van der Waals surface area contributed by atoms with Gasteiger partial charge in [-0.05, 0) is 45.2 Å². The van der Waals surface area contributed by atoms with Crippen molar-refractivity contribution in [2.24, 2.45) is 0 Å². The minimum atomic E-state index is -0.156. The highest BCUT2D eigenvalue weighted by atomic mass is 32.1.